The monoisotopic (exact) mass is 343 g/mol. The van der Waals surface area contributed by atoms with Crippen LogP contribution in [0.1, 0.15) is 19.8 Å². The Balaban J connectivity index is 1.86. The molecule has 0 unspecified atom stereocenters. The lowest BCUT2D eigenvalue weighted by Crippen LogP contribution is -2.42. The first-order chi connectivity index (χ1) is 9.58. The zero-order chi connectivity index (χ0) is 14.5. The minimum Gasteiger partial charge on any atom is -0.450 e. The van der Waals surface area contributed by atoms with Crippen molar-refractivity contribution in [3.05, 3.63) is 10.7 Å². The number of hydrogen-bond acceptors (Lipinski definition) is 6. The summed E-state index contributed by atoms with van der Waals surface area (Å²) in [6, 6.07) is 1.88. The van der Waals surface area contributed by atoms with Crippen LogP contribution in [0, 0.1) is 0 Å². The van der Waals surface area contributed by atoms with E-state index < -0.39 is 0 Å². The summed E-state index contributed by atoms with van der Waals surface area (Å²) in [5.74, 6) is 0.921. The van der Waals surface area contributed by atoms with Gasteiger partial charge in [-0.3, -0.25) is 0 Å². The molecule has 2 rings (SSSR count). The molecule has 0 saturated carbocycles. The number of carbonyl (C=O) groups excluding carboxylic acids is 1. The first-order valence-corrected chi connectivity index (χ1v) is 7.36. The fourth-order valence-corrected chi connectivity index (χ4v) is 2.51. The maximum absolute atomic E-state index is 11.6. The number of amides is 1. The smallest absolute Gasteiger partial charge is 0.409 e. The Morgan fingerprint density at radius 1 is 1.55 bits per heavy atom. The molecule has 0 spiro atoms. The number of nitrogen functional groups attached to an aromatic ring is 1. The van der Waals surface area contributed by atoms with Gasteiger partial charge in [-0.15, -0.1) is 0 Å². The third-order valence-electron chi connectivity index (χ3n) is 3.07. The SMILES string of the molecule is CCOC(=O)N1CCC(Nc2nc(N)cc(Br)n2)CC1. The number of nitrogens with two attached hydrogens (primary N) is 1. The highest BCUT2D eigenvalue weighted by molar-refractivity contribution is 9.10. The van der Waals surface area contributed by atoms with Crippen molar-refractivity contribution in [2.75, 3.05) is 30.7 Å². The van der Waals surface area contributed by atoms with Crippen molar-refractivity contribution < 1.29 is 9.53 Å². The summed E-state index contributed by atoms with van der Waals surface area (Å²) in [6.45, 7) is 3.54. The van der Waals surface area contributed by atoms with Gasteiger partial charge >= 0.3 is 6.09 Å². The van der Waals surface area contributed by atoms with E-state index in [2.05, 4.69) is 31.2 Å². The second kappa shape index (κ2) is 6.74. The molecule has 0 bridgehead atoms. The average Bonchev–Trinajstić information content (AvgIpc) is 2.38. The van der Waals surface area contributed by atoms with E-state index in [0.717, 1.165) is 12.8 Å². The number of ether oxygens (including phenoxy) is 1. The van der Waals surface area contributed by atoms with Gasteiger partial charge in [0.1, 0.15) is 10.4 Å². The summed E-state index contributed by atoms with van der Waals surface area (Å²) in [7, 11) is 0. The van der Waals surface area contributed by atoms with Gasteiger partial charge in [-0.1, -0.05) is 0 Å². The summed E-state index contributed by atoms with van der Waals surface area (Å²) in [4.78, 5) is 21.7. The Hall–Kier alpha value is -1.57. The predicted octanol–water partition coefficient (Wildman–Crippen LogP) is 1.85. The van der Waals surface area contributed by atoms with Gasteiger partial charge in [0.15, 0.2) is 0 Å². The highest BCUT2D eigenvalue weighted by Gasteiger charge is 2.23. The van der Waals surface area contributed by atoms with Crippen molar-refractivity contribution in [3.63, 3.8) is 0 Å². The molecule has 0 atom stereocenters. The van der Waals surface area contributed by atoms with E-state index in [1.165, 1.54) is 0 Å². The number of rotatable bonds is 3. The molecule has 110 valence electrons. The molecule has 1 aromatic rings. The molecule has 8 heteroatoms. The van der Waals surface area contributed by atoms with Crippen molar-refractivity contribution in [1.29, 1.82) is 0 Å². The van der Waals surface area contributed by atoms with Gasteiger partial charge in [-0.05, 0) is 35.7 Å². The molecule has 1 amide bonds. The fraction of sp³-hybridized carbons (Fsp3) is 0.583. The molecule has 0 aliphatic carbocycles. The van der Waals surface area contributed by atoms with Crippen LogP contribution in [-0.4, -0.2) is 46.7 Å². The number of hydrogen-bond donors (Lipinski definition) is 2. The molecule has 1 fully saturated rings. The topological polar surface area (TPSA) is 93.4 Å². The predicted molar refractivity (Wildman–Crippen MR) is 79.4 cm³/mol. The second-order valence-electron chi connectivity index (χ2n) is 4.54. The van der Waals surface area contributed by atoms with Crippen LogP contribution in [0.25, 0.3) is 0 Å². The molecule has 0 aromatic carbocycles. The zero-order valence-corrected chi connectivity index (χ0v) is 12.9. The second-order valence-corrected chi connectivity index (χ2v) is 5.36. The maximum atomic E-state index is 11.6. The van der Waals surface area contributed by atoms with E-state index >= 15 is 0 Å². The summed E-state index contributed by atoms with van der Waals surface area (Å²) in [5, 5.41) is 3.24. The minimum atomic E-state index is -0.242. The molecule has 2 heterocycles. The Kier molecular flexibility index (Phi) is 4.99. The van der Waals surface area contributed by atoms with E-state index in [9.17, 15) is 4.79 Å². The lowest BCUT2D eigenvalue weighted by molar-refractivity contribution is 0.0983. The lowest BCUT2D eigenvalue weighted by Gasteiger charge is -2.31. The summed E-state index contributed by atoms with van der Waals surface area (Å²) < 4.78 is 5.63. The molecule has 7 nitrogen and oxygen atoms in total. The first kappa shape index (κ1) is 14.8. The van der Waals surface area contributed by atoms with Gasteiger partial charge in [0, 0.05) is 25.2 Å². The third-order valence-corrected chi connectivity index (χ3v) is 3.48. The summed E-state index contributed by atoms with van der Waals surface area (Å²) in [5.41, 5.74) is 5.67. The number of carbonyl (C=O) groups is 1. The van der Waals surface area contributed by atoms with Crippen LogP contribution in [-0.2, 0) is 4.74 Å². The van der Waals surface area contributed by atoms with Gasteiger partial charge in [0.2, 0.25) is 5.95 Å². The molecular weight excluding hydrogens is 326 g/mol. The van der Waals surface area contributed by atoms with E-state index in [4.69, 9.17) is 10.5 Å². The number of anilines is 2. The normalized spacial score (nSPS) is 16.0. The number of nitrogens with zero attached hydrogens (tertiary/aromatic N) is 3. The molecule has 1 aliphatic heterocycles. The molecule has 0 radical (unpaired) electrons. The van der Waals surface area contributed by atoms with Crippen LogP contribution >= 0.6 is 15.9 Å². The van der Waals surface area contributed by atoms with E-state index in [1.807, 2.05) is 0 Å². The summed E-state index contributed by atoms with van der Waals surface area (Å²) in [6.07, 6.45) is 1.41. The van der Waals surface area contributed by atoms with Crippen molar-refractivity contribution in [2.24, 2.45) is 0 Å². The molecule has 1 aromatic heterocycles. The fourth-order valence-electron chi connectivity index (χ4n) is 2.10. The largest absolute Gasteiger partial charge is 0.450 e. The number of likely N-dealkylation sites (tertiary alicyclic amines) is 1. The Labute approximate surface area is 126 Å². The average molecular weight is 344 g/mol. The van der Waals surface area contributed by atoms with Crippen LogP contribution in [0.2, 0.25) is 0 Å². The van der Waals surface area contributed by atoms with Crippen molar-refractivity contribution in [2.45, 2.75) is 25.8 Å². The quantitative estimate of drug-likeness (QED) is 0.813. The molecule has 20 heavy (non-hydrogen) atoms. The molecule has 1 saturated heterocycles. The van der Waals surface area contributed by atoms with Gasteiger partial charge in [-0.2, -0.15) is 4.98 Å². The van der Waals surface area contributed by atoms with Crippen molar-refractivity contribution >= 4 is 33.8 Å². The maximum Gasteiger partial charge on any atom is 0.409 e. The Bertz CT molecular complexity index is 457. The van der Waals surface area contributed by atoms with E-state index in [0.29, 0.717) is 36.1 Å². The van der Waals surface area contributed by atoms with Crippen LogP contribution in [0.4, 0.5) is 16.6 Å². The third kappa shape index (κ3) is 3.96. The minimum absolute atomic E-state index is 0.231. The van der Waals surface area contributed by atoms with Crippen molar-refractivity contribution in [1.82, 2.24) is 14.9 Å². The van der Waals surface area contributed by atoms with Crippen LogP contribution in [0.15, 0.2) is 10.7 Å². The van der Waals surface area contributed by atoms with Gasteiger partial charge in [-0.25, -0.2) is 9.78 Å². The van der Waals surface area contributed by atoms with E-state index in [1.54, 1.807) is 17.9 Å². The Morgan fingerprint density at radius 2 is 2.25 bits per heavy atom. The van der Waals surface area contributed by atoms with Crippen LogP contribution < -0.4 is 11.1 Å². The Morgan fingerprint density at radius 3 is 2.85 bits per heavy atom. The standard InChI is InChI=1S/C12H18BrN5O2/c1-2-20-12(19)18-5-3-8(4-6-18)15-11-16-9(13)7-10(14)17-11/h7-8H,2-6H2,1H3,(H3,14,15,16,17). The summed E-state index contributed by atoms with van der Waals surface area (Å²) >= 11 is 3.28. The highest BCUT2D eigenvalue weighted by Crippen LogP contribution is 2.17. The molecule has 1 aliphatic rings. The molecule has 3 N–H and O–H groups in total. The van der Waals surface area contributed by atoms with Crippen LogP contribution in [0.3, 0.4) is 0 Å². The first-order valence-electron chi connectivity index (χ1n) is 6.56. The van der Waals surface area contributed by atoms with Gasteiger partial charge < -0.3 is 20.7 Å². The molecular formula is C12H18BrN5O2. The van der Waals surface area contributed by atoms with Gasteiger partial charge in [0.25, 0.3) is 0 Å². The lowest BCUT2D eigenvalue weighted by atomic mass is 10.1. The number of piperidine rings is 1. The van der Waals surface area contributed by atoms with Crippen molar-refractivity contribution in [3.8, 4) is 0 Å². The number of nitrogens with one attached hydrogen (secondary N) is 1. The van der Waals surface area contributed by atoms with Crippen LogP contribution in [0.5, 0.6) is 0 Å². The zero-order valence-electron chi connectivity index (χ0n) is 11.3. The number of aromatic nitrogens is 2. The number of halogens is 1. The van der Waals surface area contributed by atoms with E-state index in [-0.39, 0.29) is 12.1 Å². The van der Waals surface area contributed by atoms with Gasteiger partial charge in [0.05, 0.1) is 6.61 Å². The highest BCUT2D eigenvalue weighted by atomic mass is 79.9.